The first-order chi connectivity index (χ1) is 6.68. The summed E-state index contributed by atoms with van der Waals surface area (Å²) in [5.74, 6) is 0.184. The molecule has 0 aromatic heterocycles. The Morgan fingerprint density at radius 2 is 2.21 bits per heavy atom. The summed E-state index contributed by atoms with van der Waals surface area (Å²) in [6, 6.07) is 7.71. The molecule has 0 bridgehead atoms. The molecular weight excluding hydrogens is 180 g/mol. The van der Waals surface area contributed by atoms with E-state index in [4.69, 9.17) is 9.84 Å². The number of rotatable bonds is 2. The van der Waals surface area contributed by atoms with Crippen LogP contribution in [-0.2, 0) is 4.79 Å². The van der Waals surface area contributed by atoms with E-state index in [1.54, 1.807) is 0 Å². The monoisotopic (exact) mass is 192 g/mol. The van der Waals surface area contributed by atoms with Gasteiger partial charge in [0.25, 0.3) is 0 Å². The molecule has 2 rings (SSSR count). The van der Waals surface area contributed by atoms with Gasteiger partial charge in [-0.3, -0.25) is 4.79 Å². The van der Waals surface area contributed by atoms with E-state index in [2.05, 4.69) is 0 Å². The Kier molecular flexibility index (Phi) is 2.15. The number of carboxylic acids is 1. The summed E-state index contributed by atoms with van der Waals surface area (Å²) in [6.45, 7) is 2.00. The minimum atomic E-state index is -0.811. The molecule has 0 aliphatic carbocycles. The number of ether oxygens (including phenoxy) is 1. The smallest absolute Gasteiger partial charge is 0.307 e. The van der Waals surface area contributed by atoms with Crippen LogP contribution in [0.1, 0.15) is 24.8 Å². The number of carboxylic acid groups (broad SMARTS) is 1. The molecule has 74 valence electrons. The van der Waals surface area contributed by atoms with E-state index in [9.17, 15) is 4.79 Å². The van der Waals surface area contributed by atoms with Crippen LogP contribution in [0.3, 0.4) is 0 Å². The average molecular weight is 192 g/mol. The first-order valence-corrected chi connectivity index (χ1v) is 4.66. The Morgan fingerprint density at radius 3 is 2.86 bits per heavy atom. The van der Waals surface area contributed by atoms with Gasteiger partial charge in [0.1, 0.15) is 11.9 Å². The van der Waals surface area contributed by atoms with Crippen LogP contribution in [-0.4, -0.2) is 17.2 Å². The van der Waals surface area contributed by atoms with Gasteiger partial charge in [-0.2, -0.15) is 0 Å². The molecule has 3 heteroatoms. The molecule has 1 aromatic rings. The summed E-state index contributed by atoms with van der Waals surface area (Å²) in [7, 11) is 0. The van der Waals surface area contributed by atoms with Crippen molar-refractivity contribution in [1.29, 1.82) is 0 Å². The highest BCUT2D eigenvalue weighted by Gasteiger charge is 2.31. The summed E-state index contributed by atoms with van der Waals surface area (Å²) in [5, 5.41) is 8.69. The van der Waals surface area contributed by atoms with Crippen molar-refractivity contribution < 1.29 is 14.6 Å². The molecule has 1 aliphatic heterocycles. The Labute approximate surface area is 82.3 Å². The zero-order valence-corrected chi connectivity index (χ0v) is 7.93. The quantitative estimate of drug-likeness (QED) is 0.779. The SMILES string of the molecule is CC1c2ccccc2OC1CC(=O)O. The fourth-order valence-electron chi connectivity index (χ4n) is 1.82. The Morgan fingerprint density at radius 1 is 1.50 bits per heavy atom. The van der Waals surface area contributed by atoms with Crippen LogP contribution in [0.15, 0.2) is 24.3 Å². The van der Waals surface area contributed by atoms with Crippen LogP contribution >= 0.6 is 0 Å². The molecule has 0 fully saturated rings. The van der Waals surface area contributed by atoms with E-state index >= 15 is 0 Å². The second kappa shape index (κ2) is 3.33. The molecule has 1 aromatic carbocycles. The number of benzene rings is 1. The van der Waals surface area contributed by atoms with Gasteiger partial charge in [0.15, 0.2) is 0 Å². The molecule has 0 spiro atoms. The van der Waals surface area contributed by atoms with Crippen LogP contribution in [0, 0.1) is 0 Å². The third kappa shape index (κ3) is 1.45. The molecular formula is C11H12O3. The van der Waals surface area contributed by atoms with E-state index in [0.717, 1.165) is 11.3 Å². The number of hydrogen-bond acceptors (Lipinski definition) is 2. The highest BCUT2D eigenvalue weighted by molar-refractivity contribution is 5.68. The van der Waals surface area contributed by atoms with Crippen molar-refractivity contribution in [2.75, 3.05) is 0 Å². The van der Waals surface area contributed by atoms with Gasteiger partial charge in [-0.15, -0.1) is 0 Å². The summed E-state index contributed by atoms with van der Waals surface area (Å²) in [5.41, 5.74) is 1.11. The van der Waals surface area contributed by atoms with Crippen LogP contribution in [0.25, 0.3) is 0 Å². The van der Waals surface area contributed by atoms with E-state index < -0.39 is 5.97 Å². The molecule has 0 saturated carbocycles. The third-order valence-corrected chi connectivity index (χ3v) is 2.62. The fourth-order valence-corrected chi connectivity index (χ4v) is 1.82. The summed E-state index contributed by atoms with van der Waals surface area (Å²) in [6.07, 6.45) is -0.152. The lowest BCUT2D eigenvalue weighted by Gasteiger charge is -2.12. The molecule has 3 nitrogen and oxygen atoms in total. The normalized spacial score (nSPS) is 24.1. The van der Waals surface area contributed by atoms with Crippen molar-refractivity contribution in [3.63, 3.8) is 0 Å². The second-order valence-electron chi connectivity index (χ2n) is 3.58. The lowest BCUT2D eigenvalue weighted by molar-refractivity contribution is -0.138. The van der Waals surface area contributed by atoms with Crippen LogP contribution in [0.5, 0.6) is 5.75 Å². The van der Waals surface area contributed by atoms with Gasteiger partial charge < -0.3 is 9.84 Å². The number of fused-ring (bicyclic) bond motifs is 1. The predicted octanol–water partition coefficient (Wildman–Crippen LogP) is 2.03. The van der Waals surface area contributed by atoms with Crippen LogP contribution in [0.2, 0.25) is 0 Å². The average Bonchev–Trinajstić information content (AvgIpc) is 2.44. The number of aliphatic carboxylic acids is 1. The largest absolute Gasteiger partial charge is 0.489 e. The maximum atomic E-state index is 10.6. The zero-order chi connectivity index (χ0) is 10.1. The van der Waals surface area contributed by atoms with Crippen molar-refractivity contribution in [3.8, 4) is 5.75 Å². The first-order valence-electron chi connectivity index (χ1n) is 4.66. The molecule has 0 radical (unpaired) electrons. The molecule has 1 N–H and O–H groups in total. The van der Waals surface area contributed by atoms with Gasteiger partial charge in [0, 0.05) is 11.5 Å². The third-order valence-electron chi connectivity index (χ3n) is 2.62. The second-order valence-corrected chi connectivity index (χ2v) is 3.58. The first kappa shape index (κ1) is 9.06. The van der Waals surface area contributed by atoms with Gasteiger partial charge in [-0.05, 0) is 6.07 Å². The van der Waals surface area contributed by atoms with E-state index in [1.807, 2.05) is 31.2 Å². The Balaban J connectivity index is 2.21. The lowest BCUT2D eigenvalue weighted by Crippen LogP contribution is -2.20. The minimum absolute atomic E-state index is 0.0653. The van der Waals surface area contributed by atoms with Gasteiger partial charge >= 0.3 is 5.97 Å². The van der Waals surface area contributed by atoms with Gasteiger partial charge in [-0.1, -0.05) is 25.1 Å². The van der Waals surface area contributed by atoms with Crippen LogP contribution in [0.4, 0.5) is 0 Å². The molecule has 2 unspecified atom stereocenters. The van der Waals surface area contributed by atoms with Crippen molar-refractivity contribution in [1.82, 2.24) is 0 Å². The van der Waals surface area contributed by atoms with Crippen molar-refractivity contribution in [2.24, 2.45) is 0 Å². The molecule has 0 saturated heterocycles. The highest BCUT2D eigenvalue weighted by Crippen LogP contribution is 2.38. The van der Waals surface area contributed by atoms with Crippen molar-refractivity contribution in [3.05, 3.63) is 29.8 Å². The highest BCUT2D eigenvalue weighted by atomic mass is 16.5. The van der Waals surface area contributed by atoms with E-state index in [1.165, 1.54) is 0 Å². The Hall–Kier alpha value is -1.51. The molecule has 1 heterocycles. The molecule has 2 atom stereocenters. The maximum absolute atomic E-state index is 10.6. The van der Waals surface area contributed by atoms with Crippen molar-refractivity contribution >= 4 is 5.97 Å². The zero-order valence-electron chi connectivity index (χ0n) is 7.93. The summed E-state index contributed by atoms with van der Waals surface area (Å²) >= 11 is 0. The van der Waals surface area contributed by atoms with E-state index in [0.29, 0.717) is 0 Å². The van der Waals surface area contributed by atoms with Gasteiger partial charge in [-0.25, -0.2) is 0 Å². The predicted molar refractivity (Wildman–Crippen MR) is 51.5 cm³/mol. The van der Waals surface area contributed by atoms with Gasteiger partial charge in [0.2, 0.25) is 0 Å². The van der Waals surface area contributed by atoms with Crippen LogP contribution < -0.4 is 4.74 Å². The maximum Gasteiger partial charge on any atom is 0.307 e. The number of carbonyl (C=O) groups is 1. The molecule has 0 amide bonds. The lowest BCUT2D eigenvalue weighted by atomic mass is 9.96. The van der Waals surface area contributed by atoms with E-state index in [-0.39, 0.29) is 18.4 Å². The minimum Gasteiger partial charge on any atom is -0.489 e. The molecule has 14 heavy (non-hydrogen) atoms. The summed E-state index contributed by atoms with van der Waals surface area (Å²) in [4.78, 5) is 10.6. The topological polar surface area (TPSA) is 46.5 Å². The number of para-hydroxylation sites is 1. The molecule has 1 aliphatic rings. The standard InChI is InChI=1S/C11H12O3/c1-7-8-4-2-3-5-9(8)14-10(7)6-11(12)13/h2-5,7,10H,6H2,1H3,(H,12,13). The number of hydrogen-bond donors (Lipinski definition) is 1. The Bertz CT molecular complexity index is 359. The summed E-state index contributed by atoms with van der Waals surface area (Å²) < 4.78 is 5.55. The van der Waals surface area contributed by atoms with Crippen molar-refractivity contribution in [2.45, 2.75) is 25.4 Å². The van der Waals surface area contributed by atoms with Gasteiger partial charge in [0.05, 0.1) is 6.42 Å². The fraction of sp³-hybridized carbons (Fsp3) is 0.364.